The van der Waals surface area contributed by atoms with Crippen molar-refractivity contribution in [2.24, 2.45) is 0 Å². The molecule has 2 aromatic rings. The van der Waals surface area contributed by atoms with E-state index in [2.05, 4.69) is 4.98 Å². The molecule has 2 heterocycles. The van der Waals surface area contributed by atoms with Crippen molar-refractivity contribution >= 4 is 12.2 Å². The maximum atomic E-state index is 13.2. The number of amides is 1. The van der Waals surface area contributed by atoms with Gasteiger partial charge in [0, 0.05) is 12.7 Å². The van der Waals surface area contributed by atoms with Gasteiger partial charge in [0.2, 0.25) is 0 Å². The van der Waals surface area contributed by atoms with Crippen LogP contribution >= 0.6 is 0 Å². The van der Waals surface area contributed by atoms with Crippen LogP contribution in [0.5, 0.6) is 11.5 Å². The van der Waals surface area contributed by atoms with Crippen LogP contribution < -0.4 is 4.74 Å². The van der Waals surface area contributed by atoms with Gasteiger partial charge in [-0.05, 0) is 43.5 Å². The van der Waals surface area contributed by atoms with Gasteiger partial charge >= 0.3 is 0 Å². The summed E-state index contributed by atoms with van der Waals surface area (Å²) in [6.45, 7) is 0.154. The summed E-state index contributed by atoms with van der Waals surface area (Å²) in [4.78, 5) is 30.2. The summed E-state index contributed by atoms with van der Waals surface area (Å²) in [6.07, 6.45) is 3.25. The maximum absolute atomic E-state index is 13.2. The van der Waals surface area contributed by atoms with Crippen molar-refractivity contribution < 1.29 is 29.6 Å². The van der Waals surface area contributed by atoms with Gasteiger partial charge in [-0.3, -0.25) is 14.6 Å². The molecule has 1 aromatic carbocycles. The number of aldehydes is 1. The van der Waals surface area contributed by atoms with Gasteiger partial charge in [0.05, 0.1) is 29.5 Å². The Labute approximate surface area is 168 Å². The number of rotatable bonds is 7. The number of piperidine rings is 1. The number of aromatic hydroxyl groups is 1. The number of phenols is 1. The second-order valence-corrected chi connectivity index (χ2v) is 6.90. The van der Waals surface area contributed by atoms with Crippen molar-refractivity contribution in [1.82, 2.24) is 9.88 Å². The van der Waals surface area contributed by atoms with Crippen LogP contribution in [0.1, 0.15) is 51.8 Å². The number of benzene rings is 1. The maximum Gasteiger partial charge on any atom is 0.256 e. The minimum atomic E-state index is -1.24. The fourth-order valence-corrected chi connectivity index (χ4v) is 3.51. The number of aliphatic hydroxyl groups is 2. The Kier molecular flexibility index (Phi) is 6.79. The summed E-state index contributed by atoms with van der Waals surface area (Å²) in [5.41, 5.74) is 0.454. The summed E-state index contributed by atoms with van der Waals surface area (Å²) in [6, 6.07) is 7.53. The van der Waals surface area contributed by atoms with Gasteiger partial charge in [-0.1, -0.05) is 6.07 Å². The minimum Gasteiger partial charge on any atom is -0.507 e. The van der Waals surface area contributed by atoms with Crippen molar-refractivity contribution in [2.45, 2.75) is 31.4 Å². The van der Waals surface area contributed by atoms with E-state index in [1.165, 1.54) is 12.3 Å². The van der Waals surface area contributed by atoms with Crippen LogP contribution in [-0.4, -0.2) is 63.2 Å². The van der Waals surface area contributed by atoms with Crippen LogP contribution in [-0.2, 0) is 0 Å². The van der Waals surface area contributed by atoms with E-state index in [0.29, 0.717) is 12.8 Å². The van der Waals surface area contributed by atoms with Gasteiger partial charge in [0.1, 0.15) is 24.2 Å². The highest BCUT2D eigenvalue weighted by Crippen LogP contribution is 2.28. The minimum absolute atomic E-state index is 0.0711. The highest BCUT2D eigenvalue weighted by molar-refractivity contribution is 5.95. The fourth-order valence-electron chi connectivity index (χ4n) is 3.51. The Morgan fingerprint density at radius 3 is 2.90 bits per heavy atom. The predicted octanol–water partition coefficient (Wildman–Crippen LogP) is 1.70. The Balaban J connectivity index is 1.79. The zero-order valence-corrected chi connectivity index (χ0v) is 15.9. The van der Waals surface area contributed by atoms with Gasteiger partial charge in [0.15, 0.2) is 6.29 Å². The lowest BCUT2D eigenvalue weighted by Crippen LogP contribution is -2.47. The zero-order valence-electron chi connectivity index (χ0n) is 15.9. The lowest BCUT2D eigenvalue weighted by molar-refractivity contribution is 0.0510. The van der Waals surface area contributed by atoms with E-state index in [0.717, 1.165) is 19.3 Å². The molecule has 0 unspecified atom stereocenters. The number of phenolic OH excluding ortho intramolecular Hbond substituents is 1. The van der Waals surface area contributed by atoms with Crippen LogP contribution in [0.25, 0.3) is 0 Å². The number of hydrogen-bond acceptors (Lipinski definition) is 7. The lowest BCUT2D eigenvalue weighted by atomic mass is 10.00. The number of hydrogen-bond donors (Lipinski definition) is 3. The van der Waals surface area contributed by atoms with E-state index in [9.17, 15) is 24.9 Å². The number of pyridine rings is 1. The van der Waals surface area contributed by atoms with E-state index < -0.39 is 12.7 Å². The molecule has 3 rings (SSSR count). The average Bonchev–Trinajstić information content (AvgIpc) is 2.77. The summed E-state index contributed by atoms with van der Waals surface area (Å²) in [7, 11) is 0. The molecule has 1 aliphatic rings. The van der Waals surface area contributed by atoms with Crippen molar-refractivity contribution in [2.75, 3.05) is 19.8 Å². The third-order valence-corrected chi connectivity index (χ3v) is 5.04. The van der Waals surface area contributed by atoms with Gasteiger partial charge in [-0.15, -0.1) is 0 Å². The molecule has 1 aromatic heterocycles. The quantitative estimate of drug-likeness (QED) is 0.605. The summed E-state index contributed by atoms with van der Waals surface area (Å²) in [5.74, 6) is -0.191. The van der Waals surface area contributed by atoms with E-state index >= 15 is 0 Å². The molecule has 8 heteroatoms. The first-order valence-electron chi connectivity index (χ1n) is 9.51. The Morgan fingerprint density at radius 2 is 2.14 bits per heavy atom. The van der Waals surface area contributed by atoms with E-state index in [1.54, 1.807) is 29.2 Å². The third-order valence-electron chi connectivity index (χ3n) is 5.04. The standard InChI is InChI=1S/C21H24N2O6/c24-11-16-17(26)7-3-8-19(16)29-13-14-5-1-2-10-23(14)21(28)15-6-4-9-22-20(15)18(27)12-25/h3-4,6-9,11,14,18,25-27H,1-2,5,10,12-13H2/t14-,18-/m0/s1. The molecule has 0 bridgehead atoms. The zero-order chi connectivity index (χ0) is 20.8. The molecule has 1 saturated heterocycles. The van der Waals surface area contributed by atoms with E-state index in [4.69, 9.17) is 4.74 Å². The van der Waals surface area contributed by atoms with Gasteiger partial charge in [0.25, 0.3) is 5.91 Å². The molecular formula is C21H24N2O6. The van der Waals surface area contributed by atoms with E-state index in [-0.39, 0.29) is 46.9 Å². The first-order valence-corrected chi connectivity index (χ1v) is 9.51. The lowest BCUT2D eigenvalue weighted by Gasteiger charge is -2.36. The topological polar surface area (TPSA) is 120 Å². The summed E-state index contributed by atoms with van der Waals surface area (Å²) in [5, 5.41) is 29.0. The van der Waals surface area contributed by atoms with E-state index in [1.807, 2.05) is 0 Å². The highest BCUT2D eigenvalue weighted by Gasteiger charge is 2.30. The SMILES string of the molecule is O=Cc1c(O)cccc1OC[C@@H]1CCCCN1C(=O)c1cccnc1[C@@H](O)CO. The average molecular weight is 400 g/mol. The number of aromatic nitrogens is 1. The van der Waals surface area contributed by atoms with Gasteiger partial charge in [-0.25, -0.2) is 0 Å². The molecule has 1 aliphatic heterocycles. The van der Waals surface area contributed by atoms with Crippen molar-refractivity contribution in [1.29, 1.82) is 0 Å². The molecule has 1 fully saturated rings. The Bertz CT molecular complexity index is 872. The van der Waals surface area contributed by atoms with Crippen molar-refractivity contribution in [3.8, 4) is 11.5 Å². The number of carbonyl (C=O) groups is 2. The van der Waals surface area contributed by atoms with Crippen LogP contribution in [0.3, 0.4) is 0 Å². The van der Waals surface area contributed by atoms with Gasteiger partial charge < -0.3 is 25.0 Å². The number of nitrogens with zero attached hydrogens (tertiary/aromatic N) is 2. The normalized spacial score (nSPS) is 17.6. The van der Waals surface area contributed by atoms with Crippen LogP contribution in [0.2, 0.25) is 0 Å². The first-order chi connectivity index (χ1) is 14.1. The Morgan fingerprint density at radius 1 is 1.31 bits per heavy atom. The number of likely N-dealkylation sites (tertiary alicyclic amines) is 1. The molecule has 2 atom stereocenters. The second kappa shape index (κ2) is 9.49. The molecule has 0 saturated carbocycles. The molecule has 0 radical (unpaired) electrons. The molecular weight excluding hydrogens is 376 g/mol. The van der Waals surface area contributed by atoms with Gasteiger partial charge in [-0.2, -0.15) is 0 Å². The fraction of sp³-hybridized carbons (Fsp3) is 0.381. The van der Waals surface area contributed by atoms with Crippen molar-refractivity contribution in [3.63, 3.8) is 0 Å². The molecule has 8 nitrogen and oxygen atoms in total. The largest absolute Gasteiger partial charge is 0.507 e. The predicted molar refractivity (Wildman–Crippen MR) is 104 cm³/mol. The summed E-state index contributed by atoms with van der Waals surface area (Å²) >= 11 is 0. The van der Waals surface area contributed by atoms with Crippen LogP contribution in [0, 0.1) is 0 Å². The van der Waals surface area contributed by atoms with Crippen LogP contribution in [0.15, 0.2) is 36.5 Å². The highest BCUT2D eigenvalue weighted by atomic mass is 16.5. The molecule has 154 valence electrons. The molecule has 3 N–H and O–H groups in total. The molecule has 29 heavy (non-hydrogen) atoms. The number of aliphatic hydroxyl groups excluding tert-OH is 2. The Hall–Kier alpha value is -2.97. The molecule has 1 amide bonds. The smallest absolute Gasteiger partial charge is 0.256 e. The third kappa shape index (κ3) is 4.55. The molecule has 0 aliphatic carbocycles. The van der Waals surface area contributed by atoms with Crippen LogP contribution in [0.4, 0.5) is 0 Å². The summed E-state index contributed by atoms with van der Waals surface area (Å²) < 4.78 is 5.77. The second-order valence-electron chi connectivity index (χ2n) is 6.90. The number of ether oxygens (including phenoxy) is 1. The number of carbonyl (C=O) groups excluding carboxylic acids is 2. The molecule has 0 spiro atoms. The van der Waals surface area contributed by atoms with Crippen molar-refractivity contribution in [3.05, 3.63) is 53.3 Å². The first kappa shape index (κ1) is 20.8. The monoisotopic (exact) mass is 400 g/mol.